The molecule has 0 saturated carbocycles. The minimum atomic E-state index is 0.233. The summed E-state index contributed by atoms with van der Waals surface area (Å²) >= 11 is 8.22. The molecule has 17 heavy (non-hydrogen) atoms. The molecule has 1 unspecified atom stereocenters. The van der Waals surface area contributed by atoms with Crippen LogP contribution in [0.4, 0.5) is 0 Å². The maximum atomic E-state index is 6.07. The van der Waals surface area contributed by atoms with Gasteiger partial charge in [-0.2, -0.15) is 0 Å². The van der Waals surface area contributed by atoms with Gasteiger partial charge in [0.25, 0.3) is 0 Å². The highest BCUT2D eigenvalue weighted by Crippen LogP contribution is 2.23. The monoisotopic (exact) mass is 366 g/mol. The Kier molecular flexibility index (Phi) is 4.57. The standard InChI is InChI=1S/C11H16ClIN4/c1-16-4-3-5-17(2)9(7-16)11-14-6-8(13)10(12)15-11/h6,9H,3-5,7H2,1-2H3. The minimum Gasteiger partial charge on any atom is -0.304 e. The van der Waals surface area contributed by atoms with E-state index in [1.807, 2.05) is 0 Å². The molecule has 0 bridgehead atoms. The molecule has 1 fully saturated rings. The van der Waals surface area contributed by atoms with E-state index in [9.17, 15) is 0 Å². The average Bonchev–Trinajstić information content (AvgIpc) is 2.45. The van der Waals surface area contributed by atoms with Crippen LogP contribution in [0.25, 0.3) is 0 Å². The van der Waals surface area contributed by atoms with Crippen LogP contribution in [0.2, 0.25) is 5.15 Å². The Morgan fingerprint density at radius 1 is 1.41 bits per heavy atom. The Labute approximate surface area is 121 Å². The van der Waals surface area contributed by atoms with Crippen LogP contribution in [0, 0.1) is 3.57 Å². The highest BCUT2D eigenvalue weighted by Gasteiger charge is 2.24. The van der Waals surface area contributed by atoms with Gasteiger partial charge in [0.05, 0.1) is 9.61 Å². The van der Waals surface area contributed by atoms with Crippen LogP contribution in [0.5, 0.6) is 0 Å². The molecular weight excluding hydrogens is 351 g/mol. The Morgan fingerprint density at radius 3 is 2.88 bits per heavy atom. The molecule has 0 radical (unpaired) electrons. The molecule has 4 nitrogen and oxygen atoms in total. The Hall–Kier alpha value is 0.0200. The number of hydrogen-bond donors (Lipinski definition) is 0. The number of hydrogen-bond acceptors (Lipinski definition) is 4. The van der Waals surface area contributed by atoms with Crippen molar-refractivity contribution in [1.82, 2.24) is 19.8 Å². The molecule has 0 spiro atoms. The van der Waals surface area contributed by atoms with E-state index in [0.29, 0.717) is 5.15 Å². The summed E-state index contributed by atoms with van der Waals surface area (Å²) < 4.78 is 0.901. The summed E-state index contributed by atoms with van der Waals surface area (Å²) in [7, 11) is 4.26. The van der Waals surface area contributed by atoms with Crippen molar-refractivity contribution in [1.29, 1.82) is 0 Å². The summed E-state index contributed by atoms with van der Waals surface area (Å²) in [6, 6.07) is 0.233. The van der Waals surface area contributed by atoms with Gasteiger partial charge in [-0.15, -0.1) is 0 Å². The average molecular weight is 367 g/mol. The number of aromatic nitrogens is 2. The first-order chi connectivity index (χ1) is 8.08. The second kappa shape index (κ2) is 5.77. The van der Waals surface area contributed by atoms with E-state index in [1.165, 1.54) is 6.42 Å². The van der Waals surface area contributed by atoms with E-state index in [2.05, 4.69) is 56.5 Å². The van der Waals surface area contributed by atoms with E-state index >= 15 is 0 Å². The molecule has 1 aromatic heterocycles. The van der Waals surface area contributed by atoms with Gasteiger partial charge in [-0.1, -0.05) is 11.6 Å². The lowest BCUT2D eigenvalue weighted by atomic mass is 10.2. The van der Waals surface area contributed by atoms with Gasteiger partial charge in [-0.3, -0.25) is 4.90 Å². The van der Waals surface area contributed by atoms with Gasteiger partial charge < -0.3 is 4.90 Å². The third kappa shape index (κ3) is 3.27. The normalized spacial score (nSPS) is 23.6. The van der Waals surface area contributed by atoms with Crippen LogP contribution in [0.1, 0.15) is 18.3 Å². The predicted molar refractivity (Wildman–Crippen MR) is 77.2 cm³/mol. The van der Waals surface area contributed by atoms with Crippen molar-refractivity contribution < 1.29 is 0 Å². The lowest BCUT2D eigenvalue weighted by molar-refractivity contribution is 0.219. The molecule has 1 aromatic rings. The fourth-order valence-electron chi connectivity index (χ4n) is 2.07. The molecule has 1 saturated heterocycles. The van der Waals surface area contributed by atoms with E-state index < -0.39 is 0 Å². The molecule has 1 atom stereocenters. The molecule has 2 rings (SSSR count). The second-order valence-corrected chi connectivity index (χ2v) is 6.00. The van der Waals surface area contributed by atoms with Gasteiger partial charge in [0.2, 0.25) is 0 Å². The third-order valence-electron chi connectivity index (χ3n) is 3.09. The van der Waals surface area contributed by atoms with Crippen molar-refractivity contribution in [3.8, 4) is 0 Å². The molecule has 0 amide bonds. The Morgan fingerprint density at radius 2 is 2.18 bits per heavy atom. The maximum absolute atomic E-state index is 6.07. The van der Waals surface area contributed by atoms with Crippen LogP contribution in [0.15, 0.2) is 6.20 Å². The van der Waals surface area contributed by atoms with Crippen molar-refractivity contribution >= 4 is 34.2 Å². The van der Waals surface area contributed by atoms with Gasteiger partial charge in [0.15, 0.2) is 0 Å². The number of rotatable bonds is 1. The van der Waals surface area contributed by atoms with Gasteiger partial charge in [-0.25, -0.2) is 9.97 Å². The van der Waals surface area contributed by atoms with Crippen molar-refractivity contribution in [3.63, 3.8) is 0 Å². The van der Waals surface area contributed by atoms with Gasteiger partial charge in [0, 0.05) is 12.7 Å². The van der Waals surface area contributed by atoms with Crippen LogP contribution < -0.4 is 0 Å². The van der Waals surface area contributed by atoms with Crippen LogP contribution in [-0.2, 0) is 0 Å². The lowest BCUT2D eigenvalue weighted by Crippen LogP contribution is -2.32. The van der Waals surface area contributed by atoms with Crippen LogP contribution in [0.3, 0.4) is 0 Å². The zero-order valence-corrected chi connectivity index (χ0v) is 12.9. The predicted octanol–water partition coefficient (Wildman–Crippen LogP) is 2.04. The summed E-state index contributed by atoms with van der Waals surface area (Å²) in [5, 5.41) is 0.552. The molecule has 0 aliphatic carbocycles. The molecule has 0 aromatic carbocycles. The second-order valence-electron chi connectivity index (χ2n) is 4.48. The topological polar surface area (TPSA) is 32.3 Å². The fraction of sp³-hybridized carbons (Fsp3) is 0.636. The molecule has 1 aliphatic heterocycles. The summed E-state index contributed by atoms with van der Waals surface area (Å²) in [6.45, 7) is 3.15. The third-order valence-corrected chi connectivity index (χ3v) is 4.48. The highest BCUT2D eigenvalue weighted by atomic mass is 127. The number of nitrogens with zero attached hydrogens (tertiary/aromatic N) is 4. The van der Waals surface area contributed by atoms with Gasteiger partial charge >= 0.3 is 0 Å². The number of likely N-dealkylation sites (N-methyl/N-ethyl adjacent to an activating group) is 2. The summed E-state index contributed by atoms with van der Waals surface area (Å²) in [5.74, 6) is 0.826. The summed E-state index contributed by atoms with van der Waals surface area (Å²) in [6.07, 6.45) is 2.98. The zero-order valence-electron chi connectivity index (χ0n) is 10.0. The molecule has 0 N–H and O–H groups in total. The first-order valence-corrected chi connectivity index (χ1v) is 7.10. The van der Waals surface area contributed by atoms with E-state index in [-0.39, 0.29) is 6.04 Å². The SMILES string of the molecule is CN1CCCN(C)C(c2ncc(I)c(Cl)n2)C1. The lowest BCUT2D eigenvalue weighted by Gasteiger charge is -2.26. The van der Waals surface area contributed by atoms with Crippen molar-refractivity contribution in [3.05, 3.63) is 20.7 Å². The quantitative estimate of drug-likeness (QED) is 0.562. The van der Waals surface area contributed by atoms with Gasteiger partial charge in [-0.05, 0) is 56.2 Å². The summed E-state index contributed by atoms with van der Waals surface area (Å²) in [4.78, 5) is 13.4. The molecule has 1 aliphatic rings. The smallest absolute Gasteiger partial charge is 0.148 e. The van der Waals surface area contributed by atoms with Crippen molar-refractivity contribution in [2.45, 2.75) is 12.5 Å². The first kappa shape index (κ1) is 13.5. The van der Waals surface area contributed by atoms with Gasteiger partial charge in [0.1, 0.15) is 11.0 Å². The molecule has 2 heterocycles. The fourth-order valence-corrected chi connectivity index (χ4v) is 2.47. The first-order valence-electron chi connectivity index (χ1n) is 5.64. The molecule has 94 valence electrons. The minimum absolute atomic E-state index is 0.233. The van der Waals surface area contributed by atoms with E-state index in [1.54, 1.807) is 6.20 Å². The number of halogens is 2. The van der Waals surface area contributed by atoms with Crippen LogP contribution in [-0.4, -0.2) is 53.5 Å². The van der Waals surface area contributed by atoms with E-state index in [4.69, 9.17) is 11.6 Å². The summed E-state index contributed by atoms with van der Waals surface area (Å²) in [5.41, 5.74) is 0. The van der Waals surface area contributed by atoms with Crippen molar-refractivity contribution in [2.24, 2.45) is 0 Å². The van der Waals surface area contributed by atoms with Crippen molar-refractivity contribution in [2.75, 3.05) is 33.7 Å². The Bertz CT molecular complexity index is 401. The highest BCUT2D eigenvalue weighted by molar-refractivity contribution is 14.1. The Balaban J connectivity index is 2.26. The largest absolute Gasteiger partial charge is 0.304 e. The maximum Gasteiger partial charge on any atom is 0.148 e. The van der Waals surface area contributed by atoms with E-state index in [0.717, 1.165) is 29.0 Å². The van der Waals surface area contributed by atoms with Crippen LogP contribution >= 0.6 is 34.2 Å². The molecular formula is C11H16ClIN4. The molecule has 6 heteroatoms. The zero-order chi connectivity index (χ0) is 12.4.